The molecule has 0 fully saturated rings. The van der Waals surface area contributed by atoms with Crippen LogP contribution in [0.4, 0.5) is 13.2 Å². The first-order chi connectivity index (χ1) is 8.91. The lowest BCUT2D eigenvalue weighted by Gasteiger charge is -2.08. The van der Waals surface area contributed by atoms with Crippen molar-refractivity contribution >= 4 is 6.29 Å². The summed E-state index contributed by atoms with van der Waals surface area (Å²) < 4.78 is 37.3. The second kappa shape index (κ2) is 4.84. The Hall–Kier alpha value is -2.17. The largest absolute Gasteiger partial charge is 0.416 e. The van der Waals surface area contributed by atoms with Crippen molar-refractivity contribution in [3.8, 4) is 11.3 Å². The SMILES string of the molecule is Cc1nc(-c2ccc(C(F)(F)F)cc2)ccc1[C]=O. The number of aryl methyl sites for hydroxylation is 1. The molecule has 0 bridgehead atoms. The van der Waals surface area contributed by atoms with E-state index in [4.69, 9.17) is 0 Å². The van der Waals surface area contributed by atoms with E-state index < -0.39 is 11.7 Å². The maximum absolute atomic E-state index is 12.4. The van der Waals surface area contributed by atoms with Crippen molar-refractivity contribution in [2.24, 2.45) is 0 Å². The topological polar surface area (TPSA) is 30.0 Å². The Kier molecular flexibility index (Phi) is 3.38. The van der Waals surface area contributed by atoms with Crippen molar-refractivity contribution in [3.05, 3.63) is 53.2 Å². The number of hydrogen-bond acceptors (Lipinski definition) is 2. The third kappa shape index (κ3) is 2.81. The molecule has 0 aliphatic heterocycles. The van der Waals surface area contributed by atoms with Crippen LogP contribution in [0.3, 0.4) is 0 Å². The molecule has 0 unspecified atom stereocenters. The van der Waals surface area contributed by atoms with E-state index >= 15 is 0 Å². The molecule has 2 nitrogen and oxygen atoms in total. The minimum atomic E-state index is -4.35. The molecule has 1 heterocycles. The number of halogens is 3. The molecular weight excluding hydrogens is 255 g/mol. The van der Waals surface area contributed by atoms with Crippen LogP contribution in [-0.4, -0.2) is 11.3 Å². The van der Waals surface area contributed by atoms with Gasteiger partial charge in [0.15, 0.2) is 0 Å². The Morgan fingerprint density at radius 2 is 1.68 bits per heavy atom. The summed E-state index contributed by atoms with van der Waals surface area (Å²) in [5, 5.41) is 0. The Balaban J connectivity index is 2.37. The number of nitrogens with zero attached hydrogens (tertiary/aromatic N) is 1. The lowest BCUT2D eigenvalue weighted by molar-refractivity contribution is -0.137. The molecule has 0 aliphatic rings. The standard InChI is InChI=1S/C14H9F3NO/c1-9-11(8-19)4-7-13(18-9)10-2-5-12(6-3-10)14(15,16)17/h2-7H,1H3. The first kappa shape index (κ1) is 13.3. The second-order valence-corrected chi connectivity index (χ2v) is 4.01. The van der Waals surface area contributed by atoms with Crippen LogP contribution < -0.4 is 0 Å². The van der Waals surface area contributed by atoms with Crippen LogP contribution in [-0.2, 0) is 11.0 Å². The van der Waals surface area contributed by atoms with Crippen molar-refractivity contribution < 1.29 is 18.0 Å². The molecular formula is C14H9F3NO. The van der Waals surface area contributed by atoms with Gasteiger partial charge in [-0.1, -0.05) is 12.1 Å². The van der Waals surface area contributed by atoms with Crippen LogP contribution in [0.15, 0.2) is 36.4 Å². The summed E-state index contributed by atoms with van der Waals surface area (Å²) in [6, 6.07) is 7.85. The minimum Gasteiger partial charge on any atom is -0.285 e. The third-order valence-electron chi connectivity index (χ3n) is 2.70. The van der Waals surface area contributed by atoms with Crippen molar-refractivity contribution in [1.29, 1.82) is 0 Å². The van der Waals surface area contributed by atoms with Gasteiger partial charge in [0, 0.05) is 16.8 Å². The molecule has 1 aromatic heterocycles. The Morgan fingerprint density at radius 3 is 2.16 bits per heavy atom. The van der Waals surface area contributed by atoms with Crippen LogP contribution >= 0.6 is 0 Å². The summed E-state index contributed by atoms with van der Waals surface area (Å²) in [6.07, 6.45) is -2.61. The van der Waals surface area contributed by atoms with Crippen molar-refractivity contribution in [2.45, 2.75) is 13.1 Å². The highest BCUT2D eigenvalue weighted by atomic mass is 19.4. The van der Waals surface area contributed by atoms with E-state index in [1.807, 2.05) is 0 Å². The molecule has 0 saturated heterocycles. The summed E-state index contributed by atoms with van der Waals surface area (Å²) in [4.78, 5) is 14.7. The smallest absolute Gasteiger partial charge is 0.285 e. The van der Waals surface area contributed by atoms with Gasteiger partial charge in [0.05, 0.1) is 11.3 Å². The van der Waals surface area contributed by atoms with Gasteiger partial charge in [-0.2, -0.15) is 13.2 Å². The van der Waals surface area contributed by atoms with E-state index in [0.717, 1.165) is 12.1 Å². The molecule has 0 N–H and O–H groups in total. The van der Waals surface area contributed by atoms with Crippen LogP contribution in [0.5, 0.6) is 0 Å². The van der Waals surface area contributed by atoms with E-state index in [0.29, 0.717) is 22.5 Å². The fourth-order valence-corrected chi connectivity index (χ4v) is 1.66. The third-order valence-corrected chi connectivity index (χ3v) is 2.70. The van der Waals surface area contributed by atoms with Gasteiger partial charge in [-0.3, -0.25) is 9.78 Å². The van der Waals surface area contributed by atoms with Gasteiger partial charge < -0.3 is 0 Å². The fraction of sp³-hybridized carbons (Fsp3) is 0.143. The van der Waals surface area contributed by atoms with Gasteiger partial charge >= 0.3 is 6.18 Å². The number of hydrogen-bond donors (Lipinski definition) is 0. The highest BCUT2D eigenvalue weighted by molar-refractivity contribution is 5.77. The summed E-state index contributed by atoms with van der Waals surface area (Å²) in [5.41, 5.74) is 1.22. The van der Waals surface area contributed by atoms with Crippen LogP contribution in [0.25, 0.3) is 11.3 Å². The summed E-state index contributed by atoms with van der Waals surface area (Å²) in [5.74, 6) is 0. The number of rotatable bonds is 2. The molecule has 97 valence electrons. The molecule has 0 spiro atoms. The lowest BCUT2D eigenvalue weighted by Crippen LogP contribution is -2.04. The number of alkyl halides is 3. The van der Waals surface area contributed by atoms with E-state index in [1.165, 1.54) is 12.1 Å². The highest BCUT2D eigenvalue weighted by Gasteiger charge is 2.29. The predicted octanol–water partition coefficient (Wildman–Crippen LogP) is 3.53. The van der Waals surface area contributed by atoms with E-state index in [2.05, 4.69) is 4.98 Å². The molecule has 0 amide bonds. The molecule has 1 radical (unpaired) electrons. The molecule has 0 saturated carbocycles. The maximum atomic E-state index is 12.4. The molecule has 2 aromatic rings. The number of benzene rings is 1. The lowest BCUT2D eigenvalue weighted by atomic mass is 10.1. The van der Waals surface area contributed by atoms with Crippen molar-refractivity contribution in [3.63, 3.8) is 0 Å². The fourth-order valence-electron chi connectivity index (χ4n) is 1.66. The molecule has 2 rings (SSSR count). The summed E-state index contributed by atoms with van der Waals surface area (Å²) >= 11 is 0. The quantitative estimate of drug-likeness (QED) is 0.830. The normalized spacial score (nSPS) is 11.4. The molecule has 0 atom stereocenters. The van der Waals surface area contributed by atoms with Crippen LogP contribution in [0.2, 0.25) is 0 Å². The maximum Gasteiger partial charge on any atom is 0.416 e. The molecule has 1 aromatic carbocycles. The van der Waals surface area contributed by atoms with E-state index in [9.17, 15) is 18.0 Å². The van der Waals surface area contributed by atoms with Gasteiger partial charge in [-0.15, -0.1) is 0 Å². The Morgan fingerprint density at radius 1 is 1.05 bits per heavy atom. The first-order valence-electron chi connectivity index (χ1n) is 5.45. The monoisotopic (exact) mass is 264 g/mol. The van der Waals surface area contributed by atoms with Gasteiger partial charge in [0.2, 0.25) is 6.29 Å². The zero-order valence-corrected chi connectivity index (χ0v) is 9.95. The van der Waals surface area contributed by atoms with Crippen LogP contribution in [0.1, 0.15) is 16.8 Å². The number of pyridine rings is 1. The summed E-state index contributed by atoms with van der Waals surface area (Å²) in [7, 11) is 0. The second-order valence-electron chi connectivity index (χ2n) is 4.01. The number of carbonyl (C=O) groups excluding carboxylic acids is 1. The zero-order chi connectivity index (χ0) is 14.0. The summed E-state index contributed by atoms with van der Waals surface area (Å²) in [6.45, 7) is 1.65. The highest BCUT2D eigenvalue weighted by Crippen LogP contribution is 2.30. The average Bonchev–Trinajstić information content (AvgIpc) is 2.38. The van der Waals surface area contributed by atoms with E-state index in [1.54, 1.807) is 25.3 Å². The molecule has 19 heavy (non-hydrogen) atoms. The zero-order valence-electron chi connectivity index (χ0n) is 9.95. The first-order valence-corrected chi connectivity index (χ1v) is 5.45. The average molecular weight is 264 g/mol. The minimum absolute atomic E-state index is 0.343. The van der Waals surface area contributed by atoms with Crippen molar-refractivity contribution in [2.75, 3.05) is 0 Å². The predicted molar refractivity (Wildman–Crippen MR) is 64.2 cm³/mol. The molecule has 0 aliphatic carbocycles. The van der Waals surface area contributed by atoms with Gasteiger partial charge in [0.1, 0.15) is 0 Å². The number of aromatic nitrogens is 1. The van der Waals surface area contributed by atoms with Gasteiger partial charge in [0.25, 0.3) is 0 Å². The van der Waals surface area contributed by atoms with Crippen molar-refractivity contribution in [1.82, 2.24) is 4.98 Å². The van der Waals surface area contributed by atoms with Crippen LogP contribution in [0, 0.1) is 6.92 Å². The van der Waals surface area contributed by atoms with Gasteiger partial charge in [-0.25, -0.2) is 0 Å². The molecule has 5 heteroatoms. The van der Waals surface area contributed by atoms with E-state index in [-0.39, 0.29) is 0 Å². The van der Waals surface area contributed by atoms with Gasteiger partial charge in [-0.05, 0) is 31.2 Å². The Labute approximate surface area is 107 Å². The Bertz CT molecular complexity index is 603.